The number of fused-ring (bicyclic) bond motifs is 3. The Bertz CT molecular complexity index is 931. The van der Waals surface area contributed by atoms with E-state index in [1.165, 1.54) is 11.1 Å². The maximum absolute atomic E-state index is 12.1. The molecule has 1 atom stereocenters. The summed E-state index contributed by atoms with van der Waals surface area (Å²) in [5.41, 5.74) is 4.64. The average molecular weight is 455 g/mol. The number of rotatable bonds is 12. The minimum Gasteiger partial charge on any atom is -0.481 e. The van der Waals surface area contributed by atoms with Gasteiger partial charge in [-0.3, -0.25) is 9.59 Å². The van der Waals surface area contributed by atoms with E-state index in [-0.39, 0.29) is 50.5 Å². The molecule has 0 aromatic heterocycles. The lowest BCUT2D eigenvalue weighted by Crippen LogP contribution is -2.33. The van der Waals surface area contributed by atoms with E-state index in [0.717, 1.165) is 11.1 Å². The summed E-state index contributed by atoms with van der Waals surface area (Å²) in [5, 5.41) is 14.0. The van der Waals surface area contributed by atoms with Crippen LogP contribution in [0.4, 0.5) is 4.79 Å². The molecular formula is C25H30N2O6. The summed E-state index contributed by atoms with van der Waals surface area (Å²) in [7, 11) is 0. The third kappa shape index (κ3) is 7.05. The molecule has 0 aliphatic heterocycles. The number of hydrogen-bond donors (Lipinski definition) is 3. The molecule has 0 saturated carbocycles. The van der Waals surface area contributed by atoms with Crippen LogP contribution in [0.1, 0.15) is 36.8 Å². The van der Waals surface area contributed by atoms with E-state index in [1.54, 1.807) is 0 Å². The largest absolute Gasteiger partial charge is 0.481 e. The van der Waals surface area contributed by atoms with Crippen LogP contribution in [0.25, 0.3) is 11.1 Å². The quantitative estimate of drug-likeness (QED) is 0.425. The first kappa shape index (κ1) is 24.3. The zero-order valence-corrected chi connectivity index (χ0v) is 18.7. The standard InChI is InChI=1S/C25H30N2O6/c1-17(10-11-24(29)30)14-27-23(28)16-32-13-12-26-25(31)33-15-22-20-8-4-2-6-18(20)19-7-3-5-9-21(19)22/h2-9,17,22H,10-16H2,1H3,(H,26,31)(H,27,28)(H,29,30). The van der Waals surface area contributed by atoms with Crippen molar-refractivity contribution in [1.82, 2.24) is 10.6 Å². The molecule has 1 unspecified atom stereocenters. The smallest absolute Gasteiger partial charge is 0.407 e. The predicted octanol–water partition coefficient (Wildman–Crippen LogP) is 3.16. The zero-order valence-electron chi connectivity index (χ0n) is 18.7. The van der Waals surface area contributed by atoms with Gasteiger partial charge in [0.2, 0.25) is 5.91 Å². The van der Waals surface area contributed by atoms with Crippen molar-refractivity contribution in [3.05, 3.63) is 59.7 Å². The Morgan fingerprint density at radius 1 is 1.00 bits per heavy atom. The van der Waals surface area contributed by atoms with Crippen LogP contribution in [0, 0.1) is 5.92 Å². The predicted molar refractivity (Wildman–Crippen MR) is 123 cm³/mol. The molecule has 0 bridgehead atoms. The summed E-state index contributed by atoms with van der Waals surface area (Å²) in [6.07, 6.45) is 0.0486. The second-order valence-electron chi connectivity index (χ2n) is 8.15. The van der Waals surface area contributed by atoms with E-state index < -0.39 is 12.1 Å². The number of alkyl carbamates (subject to hydrolysis) is 1. The number of carboxylic acid groups (broad SMARTS) is 1. The van der Waals surface area contributed by atoms with Crippen LogP contribution in [0.3, 0.4) is 0 Å². The zero-order chi connectivity index (χ0) is 23.6. The van der Waals surface area contributed by atoms with E-state index in [0.29, 0.717) is 13.0 Å². The molecule has 8 heteroatoms. The summed E-state index contributed by atoms with van der Waals surface area (Å²) in [5.74, 6) is -1.06. The van der Waals surface area contributed by atoms with Crippen molar-refractivity contribution in [3.63, 3.8) is 0 Å². The minimum absolute atomic E-state index is 0.000913. The Balaban J connectivity index is 1.31. The minimum atomic E-state index is -0.847. The molecule has 1 aliphatic carbocycles. The summed E-state index contributed by atoms with van der Waals surface area (Å²) in [6, 6.07) is 16.3. The summed E-state index contributed by atoms with van der Waals surface area (Å²) in [4.78, 5) is 34.4. The first-order valence-electron chi connectivity index (χ1n) is 11.1. The second kappa shape index (κ2) is 12.0. The molecule has 1 aliphatic rings. The Hall–Kier alpha value is -3.39. The third-order valence-electron chi connectivity index (χ3n) is 5.59. The summed E-state index contributed by atoms with van der Waals surface area (Å²) < 4.78 is 10.7. The van der Waals surface area contributed by atoms with E-state index in [1.807, 2.05) is 31.2 Å². The van der Waals surface area contributed by atoms with Gasteiger partial charge in [-0.25, -0.2) is 4.79 Å². The lowest BCUT2D eigenvalue weighted by Gasteiger charge is -2.14. The Kier molecular flexibility index (Phi) is 8.83. The van der Waals surface area contributed by atoms with E-state index in [9.17, 15) is 14.4 Å². The highest BCUT2D eigenvalue weighted by atomic mass is 16.5. The molecule has 0 fully saturated rings. The van der Waals surface area contributed by atoms with Gasteiger partial charge in [0.25, 0.3) is 0 Å². The molecular weight excluding hydrogens is 424 g/mol. The topological polar surface area (TPSA) is 114 Å². The van der Waals surface area contributed by atoms with Crippen molar-refractivity contribution in [2.45, 2.75) is 25.7 Å². The van der Waals surface area contributed by atoms with Crippen LogP contribution in [0.15, 0.2) is 48.5 Å². The number of carbonyl (C=O) groups is 3. The number of carbonyl (C=O) groups excluding carboxylic acids is 2. The van der Waals surface area contributed by atoms with E-state index in [2.05, 4.69) is 34.9 Å². The maximum Gasteiger partial charge on any atom is 0.407 e. The summed E-state index contributed by atoms with van der Waals surface area (Å²) in [6.45, 7) is 2.78. The lowest BCUT2D eigenvalue weighted by molar-refractivity contribution is -0.137. The molecule has 2 amide bonds. The lowest BCUT2D eigenvalue weighted by atomic mass is 9.98. The van der Waals surface area contributed by atoms with Gasteiger partial charge in [0.05, 0.1) is 6.61 Å². The molecule has 0 saturated heterocycles. The highest BCUT2D eigenvalue weighted by Gasteiger charge is 2.28. The molecule has 2 aromatic rings. The van der Waals surface area contributed by atoms with Gasteiger partial charge in [-0.15, -0.1) is 0 Å². The van der Waals surface area contributed by atoms with Crippen molar-refractivity contribution >= 4 is 18.0 Å². The van der Waals surface area contributed by atoms with Crippen LogP contribution < -0.4 is 10.6 Å². The highest BCUT2D eigenvalue weighted by molar-refractivity contribution is 5.79. The van der Waals surface area contributed by atoms with Crippen molar-refractivity contribution in [2.24, 2.45) is 5.92 Å². The highest BCUT2D eigenvalue weighted by Crippen LogP contribution is 2.44. The van der Waals surface area contributed by atoms with Gasteiger partial charge in [-0.05, 0) is 34.6 Å². The first-order chi connectivity index (χ1) is 16.0. The SMILES string of the molecule is CC(CCC(=O)O)CNC(=O)COCCNC(=O)OCC1c2ccccc2-c2ccccc21. The van der Waals surface area contributed by atoms with Gasteiger partial charge in [0.1, 0.15) is 13.2 Å². The van der Waals surface area contributed by atoms with Crippen molar-refractivity contribution in [1.29, 1.82) is 0 Å². The molecule has 8 nitrogen and oxygen atoms in total. The normalized spacial score (nSPS) is 13.0. The van der Waals surface area contributed by atoms with Crippen molar-refractivity contribution in [3.8, 4) is 11.1 Å². The second-order valence-corrected chi connectivity index (χ2v) is 8.15. The van der Waals surface area contributed by atoms with Gasteiger partial charge >= 0.3 is 12.1 Å². The van der Waals surface area contributed by atoms with Crippen molar-refractivity contribution in [2.75, 3.05) is 32.9 Å². The van der Waals surface area contributed by atoms with Gasteiger partial charge in [-0.1, -0.05) is 55.5 Å². The Labute approximate surface area is 193 Å². The van der Waals surface area contributed by atoms with Crippen LogP contribution in [-0.4, -0.2) is 56.0 Å². The Morgan fingerprint density at radius 2 is 1.64 bits per heavy atom. The number of carboxylic acids is 1. The fourth-order valence-corrected chi connectivity index (χ4v) is 3.85. The van der Waals surface area contributed by atoms with Crippen LogP contribution in [-0.2, 0) is 19.1 Å². The number of nitrogens with one attached hydrogen (secondary N) is 2. The molecule has 33 heavy (non-hydrogen) atoms. The molecule has 176 valence electrons. The van der Waals surface area contributed by atoms with E-state index in [4.69, 9.17) is 14.6 Å². The fraction of sp³-hybridized carbons (Fsp3) is 0.400. The number of benzene rings is 2. The van der Waals surface area contributed by atoms with Gasteiger partial charge < -0.3 is 25.2 Å². The maximum atomic E-state index is 12.1. The average Bonchev–Trinajstić information content (AvgIpc) is 3.13. The molecule has 0 heterocycles. The number of hydrogen-bond acceptors (Lipinski definition) is 5. The Morgan fingerprint density at radius 3 is 2.27 bits per heavy atom. The molecule has 0 spiro atoms. The number of amides is 2. The van der Waals surface area contributed by atoms with Gasteiger partial charge in [-0.2, -0.15) is 0 Å². The van der Waals surface area contributed by atoms with E-state index >= 15 is 0 Å². The van der Waals surface area contributed by atoms with Gasteiger partial charge in [0, 0.05) is 25.4 Å². The molecule has 2 aromatic carbocycles. The monoisotopic (exact) mass is 454 g/mol. The first-order valence-corrected chi connectivity index (χ1v) is 11.1. The van der Waals surface area contributed by atoms with Gasteiger partial charge in [0.15, 0.2) is 0 Å². The van der Waals surface area contributed by atoms with Crippen LogP contribution >= 0.6 is 0 Å². The van der Waals surface area contributed by atoms with Crippen LogP contribution in [0.2, 0.25) is 0 Å². The summed E-state index contributed by atoms with van der Waals surface area (Å²) >= 11 is 0. The molecule has 3 rings (SSSR count). The number of aliphatic carboxylic acids is 1. The molecule has 0 radical (unpaired) electrons. The van der Waals surface area contributed by atoms with Crippen LogP contribution in [0.5, 0.6) is 0 Å². The van der Waals surface area contributed by atoms with Crippen molar-refractivity contribution < 1.29 is 29.0 Å². The third-order valence-corrected chi connectivity index (χ3v) is 5.59. The fourth-order valence-electron chi connectivity index (χ4n) is 3.85. The number of ether oxygens (including phenoxy) is 2. The molecule has 3 N–H and O–H groups in total.